The molecule has 1 aliphatic heterocycles. The average molecular weight is 328 g/mol. The van der Waals surface area contributed by atoms with Crippen LogP contribution in [0.5, 0.6) is 5.75 Å². The Morgan fingerprint density at radius 3 is 2.67 bits per heavy atom. The Labute approximate surface area is 151 Å². The second-order valence-electron chi connectivity index (χ2n) is 5.92. The fourth-order valence-corrected chi connectivity index (χ4v) is 2.78. The van der Waals surface area contributed by atoms with Gasteiger partial charge in [0.2, 0.25) is 5.82 Å². The molecule has 6 nitrogen and oxygen atoms in total. The molecule has 0 amide bonds. The van der Waals surface area contributed by atoms with Crippen LogP contribution < -0.4 is 28.7 Å². The van der Waals surface area contributed by atoms with Crippen LogP contribution >= 0.6 is 0 Å². The molecule has 0 radical (unpaired) electrons. The van der Waals surface area contributed by atoms with Crippen molar-refractivity contribution in [3.63, 3.8) is 0 Å². The van der Waals surface area contributed by atoms with Crippen LogP contribution in [0.4, 0.5) is 4.39 Å². The standard InChI is InChI=1S/C16H19FN2O4.Li/c1-9(2)23-14-11(16(20)21)7-19-8-12(18-15(19)13(14)17)10-3-5-22-6-4-10;/h7-10H,3-6H2,1-2H3,(H,20,21);/q;+1/p-1. The number of carbonyl (C=O) groups is 1. The third-order valence-corrected chi connectivity index (χ3v) is 3.87. The number of aromatic carboxylic acids is 1. The van der Waals surface area contributed by atoms with Gasteiger partial charge in [-0.15, -0.1) is 0 Å². The summed E-state index contributed by atoms with van der Waals surface area (Å²) in [7, 11) is 0. The SMILES string of the molecule is CC(C)Oc1c(C(=O)[O-])cn2cc(C3CCOCC3)nc2c1F.[Li+]. The van der Waals surface area contributed by atoms with E-state index >= 15 is 0 Å². The number of carboxylic acid groups (broad SMARTS) is 1. The molecule has 0 atom stereocenters. The number of rotatable bonds is 4. The van der Waals surface area contributed by atoms with Gasteiger partial charge in [0.05, 0.1) is 23.3 Å². The summed E-state index contributed by atoms with van der Waals surface area (Å²) in [5.41, 5.74) is 0.477. The van der Waals surface area contributed by atoms with E-state index in [4.69, 9.17) is 9.47 Å². The van der Waals surface area contributed by atoms with E-state index < -0.39 is 11.8 Å². The fourth-order valence-electron chi connectivity index (χ4n) is 2.78. The number of fused-ring (bicyclic) bond motifs is 1. The zero-order chi connectivity index (χ0) is 16.6. The maximum Gasteiger partial charge on any atom is 1.00 e. The Morgan fingerprint density at radius 2 is 2.08 bits per heavy atom. The Kier molecular flexibility index (Phi) is 5.91. The van der Waals surface area contributed by atoms with E-state index in [1.54, 1.807) is 20.0 Å². The Morgan fingerprint density at radius 1 is 1.42 bits per heavy atom. The molecule has 3 rings (SSSR count). The molecule has 1 saturated heterocycles. The molecule has 8 heteroatoms. The summed E-state index contributed by atoms with van der Waals surface area (Å²) in [6, 6.07) is 0. The number of aromatic nitrogens is 2. The van der Waals surface area contributed by atoms with Gasteiger partial charge in [-0.25, -0.2) is 4.98 Å². The van der Waals surface area contributed by atoms with Crippen LogP contribution in [-0.4, -0.2) is 34.7 Å². The van der Waals surface area contributed by atoms with E-state index in [0.717, 1.165) is 18.5 Å². The second-order valence-corrected chi connectivity index (χ2v) is 5.92. The molecule has 24 heavy (non-hydrogen) atoms. The predicted octanol–water partition coefficient (Wildman–Crippen LogP) is -1.48. The zero-order valence-electron chi connectivity index (χ0n) is 14.0. The minimum absolute atomic E-state index is 0. The second kappa shape index (κ2) is 7.56. The first-order valence-corrected chi connectivity index (χ1v) is 7.64. The van der Waals surface area contributed by atoms with Crippen molar-refractivity contribution in [1.29, 1.82) is 0 Å². The summed E-state index contributed by atoms with van der Waals surface area (Å²) < 4.78 is 26.7. The number of carboxylic acids is 1. The number of halogens is 1. The molecule has 2 aromatic rings. The minimum Gasteiger partial charge on any atom is -0.545 e. The van der Waals surface area contributed by atoms with Crippen LogP contribution in [-0.2, 0) is 4.74 Å². The van der Waals surface area contributed by atoms with E-state index in [1.807, 2.05) is 0 Å². The number of imidazole rings is 1. The number of hydrogen-bond acceptors (Lipinski definition) is 5. The third-order valence-electron chi connectivity index (χ3n) is 3.87. The van der Waals surface area contributed by atoms with Crippen molar-refractivity contribution in [3.05, 3.63) is 29.5 Å². The quantitative estimate of drug-likeness (QED) is 0.640. The smallest absolute Gasteiger partial charge is 0.545 e. The molecule has 2 aromatic heterocycles. The molecule has 0 saturated carbocycles. The summed E-state index contributed by atoms with van der Waals surface area (Å²) in [5.74, 6) is -2.40. The summed E-state index contributed by atoms with van der Waals surface area (Å²) in [6.45, 7) is 4.68. The van der Waals surface area contributed by atoms with Crippen LogP contribution in [0.15, 0.2) is 12.4 Å². The van der Waals surface area contributed by atoms with Gasteiger partial charge in [-0.3, -0.25) is 0 Å². The van der Waals surface area contributed by atoms with Crippen LogP contribution in [0.2, 0.25) is 0 Å². The van der Waals surface area contributed by atoms with Gasteiger partial charge in [0.1, 0.15) is 0 Å². The number of carbonyl (C=O) groups excluding carboxylic acids is 1. The monoisotopic (exact) mass is 328 g/mol. The average Bonchev–Trinajstić information content (AvgIpc) is 2.94. The van der Waals surface area contributed by atoms with Gasteiger partial charge in [-0.05, 0) is 26.7 Å². The first kappa shape index (κ1) is 18.8. The van der Waals surface area contributed by atoms with Crippen molar-refractivity contribution >= 4 is 11.6 Å². The van der Waals surface area contributed by atoms with E-state index in [0.29, 0.717) is 13.2 Å². The third kappa shape index (κ3) is 3.58. The number of ether oxygens (including phenoxy) is 2. The molecular weight excluding hydrogens is 310 g/mol. The fraction of sp³-hybridized carbons (Fsp3) is 0.500. The van der Waals surface area contributed by atoms with Crippen LogP contribution in [0, 0.1) is 5.82 Å². The summed E-state index contributed by atoms with van der Waals surface area (Å²) in [5, 5.41) is 11.3. The van der Waals surface area contributed by atoms with Gasteiger partial charge in [0.25, 0.3) is 0 Å². The normalized spacial score (nSPS) is 15.5. The number of pyridine rings is 1. The Balaban J connectivity index is 0.00000208. The molecule has 0 aromatic carbocycles. The van der Waals surface area contributed by atoms with Crippen LogP contribution in [0.3, 0.4) is 0 Å². The maximum atomic E-state index is 14.7. The number of nitrogens with zero attached hydrogens (tertiary/aromatic N) is 2. The summed E-state index contributed by atoms with van der Waals surface area (Å²) >= 11 is 0. The van der Waals surface area contributed by atoms with Gasteiger partial charge in [0.15, 0.2) is 11.4 Å². The maximum absolute atomic E-state index is 14.7. The molecule has 3 heterocycles. The molecule has 0 unspecified atom stereocenters. The first-order valence-electron chi connectivity index (χ1n) is 7.64. The van der Waals surface area contributed by atoms with Crippen molar-refractivity contribution in [2.45, 2.75) is 38.7 Å². The van der Waals surface area contributed by atoms with Gasteiger partial charge >= 0.3 is 18.9 Å². The minimum atomic E-state index is -1.48. The first-order chi connectivity index (χ1) is 11.0. The zero-order valence-corrected chi connectivity index (χ0v) is 14.0. The van der Waals surface area contributed by atoms with E-state index in [1.165, 1.54) is 10.6 Å². The molecule has 0 N–H and O–H groups in total. The van der Waals surface area contributed by atoms with Gasteiger partial charge in [0, 0.05) is 31.5 Å². The molecule has 0 bridgehead atoms. The van der Waals surface area contributed by atoms with Crippen LogP contribution in [0.25, 0.3) is 5.65 Å². The molecule has 0 spiro atoms. The molecule has 0 aliphatic carbocycles. The topological polar surface area (TPSA) is 75.9 Å². The van der Waals surface area contributed by atoms with Crippen molar-refractivity contribution in [3.8, 4) is 5.75 Å². The van der Waals surface area contributed by atoms with E-state index in [2.05, 4.69) is 4.98 Å². The van der Waals surface area contributed by atoms with Gasteiger partial charge in [-0.2, -0.15) is 4.39 Å². The molecule has 1 fully saturated rings. The van der Waals surface area contributed by atoms with Gasteiger partial charge in [-0.1, -0.05) is 0 Å². The summed E-state index contributed by atoms with van der Waals surface area (Å²) in [4.78, 5) is 15.6. The summed E-state index contributed by atoms with van der Waals surface area (Å²) in [6.07, 6.45) is 4.22. The van der Waals surface area contributed by atoms with Crippen LogP contribution in [0.1, 0.15) is 48.7 Å². The van der Waals surface area contributed by atoms with E-state index in [9.17, 15) is 14.3 Å². The van der Waals surface area contributed by atoms with Gasteiger partial charge < -0.3 is 23.8 Å². The Bertz CT molecular complexity index is 741. The van der Waals surface area contributed by atoms with E-state index in [-0.39, 0.29) is 47.8 Å². The van der Waals surface area contributed by atoms with Crippen molar-refractivity contribution in [2.24, 2.45) is 0 Å². The predicted molar refractivity (Wildman–Crippen MR) is 78.0 cm³/mol. The molecular formula is C16H18FLiN2O4. The molecule has 124 valence electrons. The largest absolute Gasteiger partial charge is 1.00 e. The molecule has 1 aliphatic rings. The van der Waals surface area contributed by atoms with Crippen molar-refractivity contribution in [1.82, 2.24) is 9.38 Å². The van der Waals surface area contributed by atoms with Crippen molar-refractivity contribution in [2.75, 3.05) is 13.2 Å². The van der Waals surface area contributed by atoms with Crippen molar-refractivity contribution < 1.29 is 42.6 Å². The Hall–Kier alpha value is -1.55. The number of hydrogen-bond donors (Lipinski definition) is 0.